The van der Waals surface area contributed by atoms with Gasteiger partial charge in [-0.15, -0.1) is 6.58 Å². The van der Waals surface area contributed by atoms with Crippen LogP contribution < -0.4 is 0 Å². The van der Waals surface area contributed by atoms with Crippen LogP contribution in [0.15, 0.2) is 12.7 Å². The van der Waals surface area contributed by atoms with Crippen molar-refractivity contribution in [2.75, 3.05) is 13.2 Å². The number of rotatable bonds is 4. The van der Waals surface area contributed by atoms with Gasteiger partial charge in [-0.3, -0.25) is 0 Å². The highest BCUT2D eigenvalue weighted by Crippen LogP contribution is 2.24. The van der Waals surface area contributed by atoms with Gasteiger partial charge in [-0.1, -0.05) is 13.0 Å². The van der Waals surface area contributed by atoms with Crippen LogP contribution in [0, 0.1) is 5.92 Å². The highest BCUT2D eigenvalue weighted by atomic mass is 16.7. The third kappa shape index (κ3) is 3.46. The Hall–Kier alpha value is -0.380. The summed E-state index contributed by atoms with van der Waals surface area (Å²) in [5, 5.41) is 8.95. The second-order valence-corrected chi connectivity index (χ2v) is 3.57. The molecule has 76 valence electrons. The summed E-state index contributed by atoms with van der Waals surface area (Å²) in [5.74, 6) is 0.556. The van der Waals surface area contributed by atoms with Gasteiger partial charge in [-0.25, -0.2) is 0 Å². The highest BCUT2D eigenvalue weighted by Gasteiger charge is 2.26. The van der Waals surface area contributed by atoms with E-state index in [0.29, 0.717) is 12.5 Å². The zero-order chi connectivity index (χ0) is 9.68. The smallest absolute Gasteiger partial charge is 0.158 e. The topological polar surface area (TPSA) is 38.7 Å². The lowest BCUT2D eigenvalue weighted by Gasteiger charge is -2.32. The molecule has 0 radical (unpaired) electrons. The molecule has 1 aliphatic rings. The number of hydrogen-bond donors (Lipinski definition) is 1. The third-order valence-electron chi connectivity index (χ3n) is 2.21. The molecule has 3 atom stereocenters. The van der Waals surface area contributed by atoms with Gasteiger partial charge in [0.05, 0.1) is 19.3 Å². The maximum absolute atomic E-state index is 8.95. The van der Waals surface area contributed by atoms with E-state index in [4.69, 9.17) is 14.6 Å². The molecular formula is C10H18O3. The molecule has 1 fully saturated rings. The van der Waals surface area contributed by atoms with Gasteiger partial charge in [0.15, 0.2) is 6.29 Å². The van der Waals surface area contributed by atoms with Crippen LogP contribution in [0.1, 0.15) is 19.8 Å². The largest absolute Gasteiger partial charge is 0.394 e. The fourth-order valence-corrected chi connectivity index (χ4v) is 1.60. The van der Waals surface area contributed by atoms with Gasteiger partial charge >= 0.3 is 0 Å². The van der Waals surface area contributed by atoms with Gasteiger partial charge in [-0.05, 0) is 12.3 Å². The minimum Gasteiger partial charge on any atom is -0.394 e. The third-order valence-corrected chi connectivity index (χ3v) is 2.21. The van der Waals surface area contributed by atoms with Gasteiger partial charge in [0.2, 0.25) is 0 Å². The summed E-state index contributed by atoms with van der Waals surface area (Å²) < 4.78 is 10.9. The van der Waals surface area contributed by atoms with Crippen molar-refractivity contribution in [3.8, 4) is 0 Å². The van der Waals surface area contributed by atoms with E-state index in [0.717, 1.165) is 12.8 Å². The van der Waals surface area contributed by atoms with Crippen LogP contribution in [0.4, 0.5) is 0 Å². The lowest BCUT2D eigenvalue weighted by molar-refractivity contribution is -0.206. The van der Waals surface area contributed by atoms with Crippen molar-refractivity contribution < 1.29 is 14.6 Å². The van der Waals surface area contributed by atoms with E-state index in [9.17, 15) is 0 Å². The van der Waals surface area contributed by atoms with Gasteiger partial charge in [0.25, 0.3) is 0 Å². The molecule has 13 heavy (non-hydrogen) atoms. The molecule has 1 heterocycles. The number of aliphatic hydroxyl groups is 1. The second-order valence-electron chi connectivity index (χ2n) is 3.57. The Labute approximate surface area is 79.3 Å². The minimum absolute atomic E-state index is 0.0569. The summed E-state index contributed by atoms with van der Waals surface area (Å²) in [4.78, 5) is 0. The maximum atomic E-state index is 8.95. The summed E-state index contributed by atoms with van der Waals surface area (Å²) in [6.07, 6.45) is 3.31. The summed E-state index contributed by atoms with van der Waals surface area (Å²) in [7, 11) is 0. The Kier molecular flexibility index (Phi) is 4.42. The van der Waals surface area contributed by atoms with Gasteiger partial charge in [0.1, 0.15) is 0 Å². The second kappa shape index (κ2) is 5.37. The van der Waals surface area contributed by atoms with Crippen molar-refractivity contribution in [3.05, 3.63) is 12.7 Å². The van der Waals surface area contributed by atoms with Gasteiger partial charge in [-0.2, -0.15) is 0 Å². The number of aliphatic hydroxyl groups excluding tert-OH is 1. The van der Waals surface area contributed by atoms with Gasteiger partial charge in [0, 0.05) is 6.42 Å². The predicted molar refractivity (Wildman–Crippen MR) is 50.3 cm³/mol. The van der Waals surface area contributed by atoms with E-state index in [-0.39, 0.29) is 19.0 Å². The van der Waals surface area contributed by atoms with Crippen molar-refractivity contribution >= 4 is 0 Å². The molecule has 0 aromatic carbocycles. The average molecular weight is 186 g/mol. The van der Waals surface area contributed by atoms with E-state index in [1.807, 2.05) is 0 Å². The van der Waals surface area contributed by atoms with E-state index in [1.165, 1.54) is 0 Å². The van der Waals surface area contributed by atoms with Crippen molar-refractivity contribution in [1.29, 1.82) is 0 Å². The maximum Gasteiger partial charge on any atom is 0.158 e. The molecule has 1 aliphatic heterocycles. The molecule has 0 aliphatic carbocycles. The molecule has 0 amide bonds. The molecule has 3 unspecified atom stereocenters. The Bertz CT molecular complexity index is 158. The quantitative estimate of drug-likeness (QED) is 0.673. The molecule has 1 rings (SSSR count). The molecule has 3 nitrogen and oxygen atoms in total. The Morgan fingerprint density at radius 2 is 2.38 bits per heavy atom. The van der Waals surface area contributed by atoms with Crippen molar-refractivity contribution in [2.24, 2.45) is 5.92 Å². The molecule has 1 saturated heterocycles. The summed E-state index contributed by atoms with van der Waals surface area (Å²) in [5.41, 5.74) is 0. The average Bonchev–Trinajstić information content (AvgIpc) is 2.14. The van der Waals surface area contributed by atoms with Crippen LogP contribution in [0.2, 0.25) is 0 Å². The molecular weight excluding hydrogens is 168 g/mol. The van der Waals surface area contributed by atoms with Gasteiger partial charge < -0.3 is 14.6 Å². The molecule has 0 aromatic rings. The highest BCUT2D eigenvalue weighted by molar-refractivity contribution is 4.72. The van der Waals surface area contributed by atoms with E-state index in [2.05, 4.69) is 13.5 Å². The summed E-state index contributed by atoms with van der Waals surface area (Å²) in [6.45, 7) is 6.31. The Morgan fingerprint density at radius 3 is 3.00 bits per heavy atom. The predicted octanol–water partition coefficient (Wildman–Crippen LogP) is 1.32. The summed E-state index contributed by atoms with van der Waals surface area (Å²) >= 11 is 0. The molecule has 0 spiro atoms. The van der Waals surface area contributed by atoms with E-state index in [1.54, 1.807) is 6.08 Å². The number of hydrogen-bond acceptors (Lipinski definition) is 3. The SMILES string of the molecule is C=CCOC1CC(C)CC(CO)O1. The van der Waals surface area contributed by atoms with Crippen molar-refractivity contribution in [1.82, 2.24) is 0 Å². The van der Waals surface area contributed by atoms with Crippen LogP contribution in [0.3, 0.4) is 0 Å². The first kappa shape index (κ1) is 10.7. The standard InChI is InChI=1S/C10H18O3/c1-3-4-12-10-6-8(2)5-9(7-11)13-10/h3,8-11H,1,4-7H2,2H3. The summed E-state index contributed by atoms with van der Waals surface area (Å²) in [6, 6.07) is 0. The van der Waals surface area contributed by atoms with Crippen LogP contribution in [0.25, 0.3) is 0 Å². The first-order chi connectivity index (χ1) is 6.26. The van der Waals surface area contributed by atoms with Crippen molar-refractivity contribution in [2.45, 2.75) is 32.2 Å². The monoisotopic (exact) mass is 186 g/mol. The van der Waals surface area contributed by atoms with E-state index < -0.39 is 0 Å². The lowest BCUT2D eigenvalue weighted by atomic mass is 9.97. The fraction of sp³-hybridized carbons (Fsp3) is 0.800. The van der Waals surface area contributed by atoms with E-state index >= 15 is 0 Å². The molecule has 0 bridgehead atoms. The van der Waals surface area contributed by atoms with Crippen LogP contribution in [-0.4, -0.2) is 30.7 Å². The molecule has 3 heteroatoms. The molecule has 0 aromatic heterocycles. The Morgan fingerprint density at radius 1 is 1.62 bits per heavy atom. The van der Waals surface area contributed by atoms with Crippen LogP contribution >= 0.6 is 0 Å². The fourth-order valence-electron chi connectivity index (χ4n) is 1.60. The van der Waals surface area contributed by atoms with Crippen molar-refractivity contribution in [3.63, 3.8) is 0 Å². The van der Waals surface area contributed by atoms with Crippen LogP contribution in [-0.2, 0) is 9.47 Å². The molecule has 1 N–H and O–H groups in total. The minimum atomic E-state index is -0.168. The lowest BCUT2D eigenvalue weighted by Crippen LogP contribution is -2.35. The first-order valence-corrected chi connectivity index (χ1v) is 4.75. The van der Waals surface area contributed by atoms with Crippen LogP contribution in [0.5, 0.6) is 0 Å². The zero-order valence-corrected chi connectivity index (χ0v) is 8.11. The number of ether oxygens (including phenoxy) is 2. The normalized spacial score (nSPS) is 34.5. The Balaban J connectivity index is 2.33. The zero-order valence-electron chi connectivity index (χ0n) is 8.11. The first-order valence-electron chi connectivity index (χ1n) is 4.75. The molecule has 0 saturated carbocycles.